The molecule has 21 heavy (non-hydrogen) atoms. The first-order valence-corrected chi connectivity index (χ1v) is 5.91. The normalized spacial score (nSPS) is 9.76. The summed E-state index contributed by atoms with van der Waals surface area (Å²) in [6.45, 7) is 0. The minimum atomic E-state index is -0.729. The van der Waals surface area contributed by atoms with Gasteiger partial charge in [0.05, 0.1) is 24.4 Å². The van der Waals surface area contributed by atoms with Gasteiger partial charge in [0.25, 0.3) is 0 Å². The number of benzene rings is 2. The first kappa shape index (κ1) is 14.3. The number of esters is 1. The van der Waals surface area contributed by atoms with Gasteiger partial charge in [-0.25, -0.2) is 9.18 Å². The van der Waals surface area contributed by atoms with Gasteiger partial charge in [0.1, 0.15) is 5.56 Å². The van der Waals surface area contributed by atoms with Crippen LogP contribution in [0.4, 0.5) is 10.1 Å². The van der Waals surface area contributed by atoms with Gasteiger partial charge in [-0.15, -0.1) is 0 Å². The van der Waals surface area contributed by atoms with Gasteiger partial charge in [-0.2, -0.15) is 5.26 Å². The van der Waals surface area contributed by atoms with Crippen LogP contribution in [0.2, 0.25) is 0 Å². The Morgan fingerprint density at radius 1 is 1.33 bits per heavy atom. The average Bonchev–Trinajstić information content (AvgIpc) is 2.50. The fraction of sp³-hybridized carbons (Fsp3) is 0.0667. The number of carbonyl (C=O) groups is 1. The van der Waals surface area contributed by atoms with Crippen molar-refractivity contribution in [2.45, 2.75) is 0 Å². The van der Waals surface area contributed by atoms with Gasteiger partial charge in [0.2, 0.25) is 0 Å². The van der Waals surface area contributed by atoms with Crippen LogP contribution in [0.15, 0.2) is 36.4 Å². The molecule has 0 unspecified atom stereocenters. The highest BCUT2D eigenvalue weighted by Crippen LogP contribution is 2.33. The third-order valence-corrected chi connectivity index (χ3v) is 2.72. The molecule has 0 saturated heterocycles. The molecule has 0 saturated carbocycles. The molecule has 0 spiro atoms. The number of nitrogen functional groups attached to an aromatic ring is 1. The van der Waals surface area contributed by atoms with Crippen LogP contribution in [0.1, 0.15) is 15.9 Å². The number of rotatable bonds is 3. The van der Waals surface area contributed by atoms with E-state index < -0.39 is 11.8 Å². The van der Waals surface area contributed by atoms with Gasteiger partial charge in [-0.1, -0.05) is 6.07 Å². The summed E-state index contributed by atoms with van der Waals surface area (Å²) in [6.07, 6.45) is 0. The van der Waals surface area contributed by atoms with E-state index >= 15 is 0 Å². The van der Waals surface area contributed by atoms with E-state index in [0.717, 1.165) is 6.07 Å². The highest BCUT2D eigenvalue weighted by Gasteiger charge is 2.17. The van der Waals surface area contributed by atoms with Crippen molar-refractivity contribution in [3.05, 3.63) is 53.3 Å². The Hall–Kier alpha value is -3.07. The molecule has 0 amide bonds. The quantitative estimate of drug-likeness (QED) is 0.692. The monoisotopic (exact) mass is 286 g/mol. The average molecular weight is 286 g/mol. The summed E-state index contributed by atoms with van der Waals surface area (Å²) in [5.74, 6) is -1.51. The zero-order valence-corrected chi connectivity index (χ0v) is 11.1. The Balaban J connectivity index is 2.45. The van der Waals surface area contributed by atoms with Crippen LogP contribution in [-0.2, 0) is 4.74 Å². The highest BCUT2D eigenvalue weighted by molar-refractivity contribution is 5.94. The molecule has 0 radical (unpaired) electrons. The predicted molar refractivity (Wildman–Crippen MR) is 73.4 cm³/mol. The van der Waals surface area contributed by atoms with Crippen molar-refractivity contribution in [3.8, 4) is 17.6 Å². The summed E-state index contributed by atoms with van der Waals surface area (Å²) in [5, 5.41) is 8.70. The van der Waals surface area contributed by atoms with E-state index in [-0.39, 0.29) is 28.3 Å². The van der Waals surface area contributed by atoms with Crippen LogP contribution in [0.3, 0.4) is 0 Å². The van der Waals surface area contributed by atoms with E-state index in [1.165, 1.54) is 31.4 Å². The number of para-hydroxylation sites is 1. The molecule has 0 heterocycles. The Bertz CT molecular complexity index is 738. The molecule has 0 fully saturated rings. The van der Waals surface area contributed by atoms with E-state index in [2.05, 4.69) is 4.74 Å². The lowest BCUT2D eigenvalue weighted by Crippen LogP contribution is -2.06. The molecular formula is C15H11FN2O3. The third-order valence-electron chi connectivity index (χ3n) is 2.72. The number of nitrogens with zero attached hydrogens (tertiary/aromatic N) is 1. The number of carbonyl (C=O) groups excluding carboxylic acids is 1. The van der Waals surface area contributed by atoms with Crippen molar-refractivity contribution in [1.82, 2.24) is 0 Å². The first-order valence-electron chi connectivity index (χ1n) is 5.91. The molecule has 2 aromatic rings. The van der Waals surface area contributed by atoms with Crippen molar-refractivity contribution >= 4 is 11.7 Å². The van der Waals surface area contributed by atoms with Gasteiger partial charge in [0, 0.05) is 0 Å². The summed E-state index contributed by atoms with van der Waals surface area (Å²) in [7, 11) is 1.22. The van der Waals surface area contributed by atoms with Crippen molar-refractivity contribution in [2.75, 3.05) is 12.8 Å². The number of anilines is 1. The summed E-state index contributed by atoms with van der Waals surface area (Å²) >= 11 is 0. The van der Waals surface area contributed by atoms with Crippen LogP contribution in [-0.4, -0.2) is 13.1 Å². The van der Waals surface area contributed by atoms with E-state index in [9.17, 15) is 9.18 Å². The Morgan fingerprint density at radius 3 is 2.71 bits per heavy atom. The maximum atomic E-state index is 13.8. The highest BCUT2D eigenvalue weighted by atomic mass is 19.1. The minimum Gasteiger partial charge on any atom is -0.465 e. The van der Waals surface area contributed by atoms with E-state index in [4.69, 9.17) is 15.7 Å². The molecular weight excluding hydrogens is 275 g/mol. The van der Waals surface area contributed by atoms with Crippen LogP contribution >= 0.6 is 0 Å². The zero-order valence-electron chi connectivity index (χ0n) is 11.1. The number of nitrogens with two attached hydrogens (primary N) is 1. The molecule has 106 valence electrons. The first-order chi connectivity index (χ1) is 10.1. The van der Waals surface area contributed by atoms with Crippen molar-refractivity contribution in [3.63, 3.8) is 0 Å². The van der Waals surface area contributed by atoms with E-state index in [1.807, 2.05) is 6.07 Å². The van der Waals surface area contributed by atoms with Gasteiger partial charge in [-0.3, -0.25) is 0 Å². The number of halogens is 1. The van der Waals surface area contributed by atoms with Crippen molar-refractivity contribution < 1.29 is 18.7 Å². The maximum Gasteiger partial charge on any atom is 0.341 e. The smallest absolute Gasteiger partial charge is 0.341 e. The van der Waals surface area contributed by atoms with Crippen LogP contribution in [0.25, 0.3) is 0 Å². The van der Waals surface area contributed by atoms with E-state index in [1.54, 1.807) is 6.07 Å². The Labute approximate surface area is 120 Å². The lowest BCUT2D eigenvalue weighted by molar-refractivity contribution is 0.0598. The summed E-state index contributed by atoms with van der Waals surface area (Å²) < 4.78 is 23.8. The second-order valence-corrected chi connectivity index (χ2v) is 4.07. The molecule has 2 N–H and O–H groups in total. The molecule has 2 aromatic carbocycles. The number of ether oxygens (including phenoxy) is 2. The predicted octanol–water partition coefficient (Wildman–Crippen LogP) is 2.86. The van der Waals surface area contributed by atoms with Crippen molar-refractivity contribution in [1.29, 1.82) is 5.26 Å². The molecule has 0 aliphatic heterocycles. The van der Waals surface area contributed by atoms with E-state index in [0.29, 0.717) is 0 Å². The number of hydrogen-bond acceptors (Lipinski definition) is 5. The van der Waals surface area contributed by atoms with Gasteiger partial charge in [-0.05, 0) is 30.3 Å². The Morgan fingerprint density at radius 2 is 2.10 bits per heavy atom. The molecule has 0 atom stereocenters. The van der Waals surface area contributed by atoms with Crippen molar-refractivity contribution in [2.24, 2.45) is 0 Å². The number of methoxy groups -OCH3 is 1. The second-order valence-electron chi connectivity index (χ2n) is 4.07. The SMILES string of the molecule is COC(=O)c1cccc(N)c1Oc1ccc(C#N)cc1F. The molecule has 6 heteroatoms. The Kier molecular flexibility index (Phi) is 4.05. The molecule has 0 bridgehead atoms. The summed E-state index contributed by atoms with van der Waals surface area (Å²) in [4.78, 5) is 11.7. The fourth-order valence-corrected chi connectivity index (χ4v) is 1.70. The minimum absolute atomic E-state index is 0.00737. The van der Waals surface area contributed by atoms with Gasteiger partial charge < -0.3 is 15.2 Å². The number of hydrogen-bond donors (Lipinski definition) is 1. The molecule has 0 aliphatic rings. The molecule has 0 aromatic heterocycles. The third kappa shape index (κ3) is 2.92. The van der Waals surface area contributed by atoms with Crippen LogP contribution < -0.4 is 10.5 Å². The zero-order chi connectivity index (χ0) is 15.4. The molecule has 5 nitrogen and oxygen atoms in total. The standard InChI is InChI=1S/C15H11FN2O3/c1-20-15(19)10-3-2-4-12(18)14(10)21-13-6-5-9(8-17)7-11(13)16/h2-7H,18H2,1H3. The van der Waals surface area contributed by atoms with Gasteiger partial charge in [0.15, 0.2) is 17.3 Å². The summed E-state index contributed by atoms with van der Waals surface area (Å²) in [5.41, 5.74) is 6.17. The topological polar surface area (TPSA) is 85.3 Å². The maximum absolute atomic E-state index is 13.8. The number of nitriles is 1. The molecule has 0 aliphatic carbocycles. The van der Waals surface area contributed by atoms with Crippen LogP contribution in [0, 0.1) is 17.1 Å². The second kappa shape index (κ2) is 5.92. The fourth-order valence-electron chi connectivity index (χ4n) is 1.70. The lowest BCUT2D eigenvalue weighted by Gasteiger charge is -2.12. The summed E-state index contributed by atoms with van der Waals surface area (Å²) in [6, 6.07) is 10.1. The van der Waals surface area contributed by atoms with Gasteiger partial charge >= 0.3 is 5.97 Å². The lowest BCUT2D eigenvalue weighted by atomic mass is 10.1. The molecule has 2 rings (SSSR count). The van der Waals surface area contributed by atoms with Crippen LogP contribution in [0.5, 0.6) is 11.5 Å². The largest absolute Gasteiger partial charge is 0.465 e.